The first kappa shape index (κ1) is 22.4. The smallest absolute Gasteiger partial charge is 0.243 e. The van der Waals surface area contributed by atoms with Gasteiger partial charge in [-0.15, -0.1) is 11.8 Å². The Hall–Kier alpha value is -1.90. The number of hydrogen-bond acceptors (Lipinski definition) is 5. The fraction of sp³-hybridized carbons (Fsp3) is 0.316. The maximum atomic E-state index is 12.6. The first-order chi connectivity index (χ1) is 13.2. The van der Waals surface area contributed by atoms with E-state index in [1.54, 1.807) is 23.9 Å². The Morgan fingerprint density at radius 3 is 2.54 bits per heavy atom. The van der Waals surface area contributed by atoms with Crippen LogP contribution in [-0.2, 0) is 14.8 Å². The van der Waals surface area contributed by atoms with E-state index in [0.717, 1.165) is 15.5 Å². The number of ether oxygens (including phenoxy) is 1. The Bertz CT molecular complexity index is 907. The van der Waals surface area contributed by atoms with Crippen molar-refractivity contribution in [2.24, 2.45) is 0 Å². The van der Waals surface area contributed by atoms with Crippen molar-refractivity contribution in [3.8, 4) is 5.75 Å². The summed E-state index contributed by atoms with van der Waals surface area (Å²) >= 11 is 7.64. The van der Waals surface area contributed by atoms with Gasteiger partial charge in [-0.25, -0.2) is 8.42 Å². The summed E-state index contributed by atoms with van der Waals surface area (Å²) in [5.74, 6) is 0.581. The molecular weight excluding hydrogens is 420 g/mol. The lowest BCUT2D eigenvalue weighted by Crippen LogP contribution is -2.48. The molecule has 0 bridgehead atoms. The van der Waals surface area contributed by atoms with E-state index in [4.69, 9.17) is 16.3 Å². The van der Waals surface area contributed by atoms with Crippen LogP contribution in [0.2, 0.25) is 5.02 Å². The van der Waals surface area contributed by atoms with Gasteiger partial charge in [0.1, 0.15) is 11.8 Å². The van der Waals surface area contributed by atoms with E-state index < -0.39 is 22.0 Å². The predicted molar refractivity (Wildman–Crippen MR) is 115 cm³/mol. The number of rotatable bonds is 9. The van der Waals surface area contributed by atoms with Gasteiger partial charge in [0.05, 0.1) is 19.1 Å². The minimum absolute atomic E-state index is 0.221. The molecule has 2 aromatic rings. The topological polar surface area (TPSA) is 75.7 Å². The van der Waals surface area contributed by atoms with Crippen LogP contribution in [-0.4, -0.2) is 46.0 Å². The first-order valence-electron chi connectivity index (χ1n) is 8.52. The fourth-order valence-electron chi connectivity index (χ4n) is 2.62. The number of methoxy groups -OCH3 is 1. The molecule has 0 aromatic heterocycles. The van der Waals surface area contributed by atoms with Gasteiger partial charge in [0.25, 0.3) is 0 Å². The second-order valence-corrected chi connectivity index (χ2v) is 9.47. The second-order valence-electron chi connectivity index (χ2n) is 6.00. The number of sulfonamides is 1. The highest BCUT2D eigenvalue weighted by Gasteiger charge is 2.31. The molecule has 0 aliphatic heterocycles. The molecule has 1 amide bonds. The van der Waals surface area contributed by atoms with Gasteiger partial charge in [-0.3, -0.25) is 9.10 Å². The summed E-state index contributed by atoms with van der Waals surface area (Å²) in [5.41, 5.74) is 0.221. The van der Waals surface area contributed by atoms with Crippen molar-refractivity contribution in [3.05, 3.63) is 53.6 Å². The van der Waals surface area contributed by atoms with Gasteiger partial charge in [-0.2, -0.15) is 0 Å². The Balaban J connectivity index is 2.09. The SMILES string of the molecule is COc1ccc(Cl)cc1N([C@H](C)C(=O)NCCSc1ccccc1)S(C)(=O)=O. The maximum absolute atomic E-state index is 12.6. The third-order valence-corrected chi connectivity index (χ3v) is 6.36. The zero-order valence-corrected chi connectivity index (χ0v) is 18.3. The normalized spacial score (nSPS) is 12.3. The molecule has 0 aliphatic carbocycles. The van der Waals surface area contributed by atoms with E-state index in [1.807, 2.05) is 30.3 Å². The Labute approximate surface area is 175 Å². The Morgan fingerprint density at radius 2 is 1.93 bits per heavy atom. The number of carbonyl (C=O) groups excluding carboxylic acids is 1. The molecule has 28 heavy (non-hydrogen) atoms. The maximum Gasteiger partial charge on any atom is 0.243 e. The van der Waals surface area contributed by atoms with Gasteiger partial charge in [0.2, 0.25) is 15.9 Å². The van der Waals surface area contributed by atoms with Crippen LogP contribution >= 0.6 is 23.4 Å². The molecule has 1 N–H and O–H groups in total. The minimum Gasteiger partial charge on any atom is -0.495 e. The molecule has 1 atom stereocenters. The van der Waals surface area contributed by atoms with Crippen molar-refractivity contribution in [2.75, 3.05) is 30.0 Å². The summed E-state index contributed by atoms with van der Waals surface area (Å²) in [6, 6.07) is 13.5. The summed E-state index contributed by atoms with van der Waals surface area (Å²) in [6.45, 7) is 1.94. The van der Waals surface area contributed by atoms with Gasteiger partial charge in [-0.1, -0.05) is 29.8 Å². The third-order valence-electron chi connectivity index (χ3n) is 3.88. The van der Waals surface area contributed by atoms with E-state index in [2.05, 4.69) is 5.32 Å². The molecule has 0 aliphatic rings. The van der Waals surface area contributed by atoms with Crippen molar-refractivity contribution in [3.63, 3.8) is 0 Å². The highest BCUT2D eigenvalue weighted by atomic mass is 35.5. The molecule has 0 spiro atoms. The predicted octanol–water partition coefficient (Wildman–Crippen LogP) is 3.41. The quantitative estimate of drug-likeness (QED) is 0.475. The number of nitrogens with one attached hydrogen (secondary N) is 1. The molecule has 9 heteroatoms. The number of halogens is 1. The largest absolute Gasteiger partial charge is 0.495 e. The Morgan fingerprint density at radius 1 is 1.25 bits per heavy atom. The van der Waals surface area contributed by atoms with Crippen molar-refractivity contribution in [1.29, 1.82) is 0 Å². The number of hydrogen-bond donors (Lipinski definition) is 1. The molecule has 0 saturated carbocycles. The minimum atomic E-state index is -3.76. The van der Waals surface area contributed by atoms with Crippen LogP contribution in [0.3, 0.4) is 0 Å². The number of thioether (sulfide) groups is 1. The van der Waals surface area contributed by atoms with Crippen molar-refractivity contribution >= 4 is 45.0 Å². The highest BCUT2D eigenvalue weighted by molar-refractivity contribution is 7.99. The van der Waals surface area contributed by atoms with Crippen molar-refractivity contribution < 1.29 is 17.9 Å². The zero-order valence-electron chi connectivity index (χ0n) is 15.9. The van der Waals surface area contributed by atoms with E-state index in [0.29, 0.717) is 23.1 Å². The molecule has 0 fully saturated rings. The van der Waals surface area contributed by atoms with Crippen LogP contribution in [0.4, 0.5) is 5.69 Å². The number of amides is 1. The van der Waals surface area contributed by atoms with Crippen LogP contribution < -0.4 is 14.4 Å². The lowest BCUT2D eigenvalue weighted by molar-refractivity contribution is -0.121. The lowest BCUT2D eigenvalue weighted by Gasteiger charge is -2.29. The van der Waals surface area contributed by atoms with Gasteiger partial charge in [0.15, 0.2) is 0 Å². The van der Waals surface area contributed by atoms with Crippen LogP contribution in [0, 0.1) is 0 Å². The molecular formula is C19H23ClN2O4S2. The molecule has 2 rings (SSSR count). The van der Waals surface area contributed by atoms with Crippen LogP contribution in [0.25, 0.3) is 0 Å². The van der Waals surface area contributed by atoms with Gasteiger partial charge < -0.3 is 10.1 Å². The number of anilines is 1. The van der Waals surface area contributed by atoms with Crippen LogP contribution in [0.5, 0.6) is 5.75 Å². The summed E-state index contributed by atoms with van der Waals surface area (Å²) < 4.78 is 31.1. The zero-order chi connectivity index (χ0) is 20.7. The average Bonchev–Trinajstić information content (AvgIpc) is 2.65. The molecule has 6 nitrogen and oxygen atoms in total. The molecule has 0 unspecified atom stereocenters. The number of benzene rings is 2. The van der Waals surface area contributed by atoms with Gasteiger partial charge >= 0.3 is 0 Å². The molecule has 152 valence electrons. The lowest BCUT2D eigenvalue weighted by atomic mass is 10.2. The van der Waals surface area contributed by atoms with E-state index in [9.17, 15) is 13.2 Å². The highest BCUT2D eigenvalue weighted by Crippen LogP contribution is 2.34. The second kappa shape index (κ2) is 10.0. The molecule has 0 radical (unpaired) electrons. The first-order valence-corrected chi connectivity index (χ1v) is 11.7. The fourth-order valence-corrected chi connectivity index (χ4v) is 4.75. The monoisotopic (exact) mass is 442 g/mol. The number of nitrogens with zero attached hydrogens (tertiary/aromatic N) is 1. The third kappa shape index (κ3) is 6.05. The standard InChI is InChI=1S/C19H23ClN2O4S2/c1-14(19(23)21-11-12-27-16-7-5-4-6-8-16)22(28(3,24)25)17-13-15(20)9-10-18(17)26-2/h4-10,13-14H,11-12H2,1-3H3,(H,21,23)/t14-/m1/s1. The summed E-state index contributed by atoms with van der Waals surface area (Å²) in [4.78, 5) is 13.7. The van der Waals surface area contributed by atoms with Gasteiger partial charge in [0, 0.05) is 22.2 Å². The van der Waals surface area contributed by atoms with Crippen LogP contribution in [0.1, 0.15) is 6.92 Å². The van der Waals surface area contributed by atoms with Crippen molar-refractivity contribution in [2.45, 2.75) is 17.9 Å². The molecule has 2 aromatic carbocycles. The van der Waals surface area contributed by atoms with E-state index >= 15 is 0 Å². The van der Waals surface area contributed by atoms with Crippen molar-refractivity contribution in [1.82, 2.24) is 5.32 Å². The molecule has 0 heterocycles. The summed E-state index contributed by atoms with van der Waals surface area (Å²) in [7, 11) is -2.33. The number of carbonyl (C=O) groups is 1. The van der Waals surface area contributed by atoms with E-state index in [1.165, 1.54) is 20.1 Å². The molecule has 0 saturated heterocycles. The Kier molecular flexibility index (Phi) is 8.03. The van der Waals surface area contributed by atoms with Crippen LogP contribution in [0.15, 0.2) is 53.4 Å². The average molecular weight is 443 g/mol. The van der Waals surface area contributed by atoms with E-state index in [-0.39, 0.29) is 5.69 Å². The summed E-state index contributed by atoms with van der Waals surface area (Å²) in [5, 5.41) is 3.13. The summed E-state index contributed by atoms with van der Waals surface area (Å²) in [6.07, 6.45) is 1.04. The van der Waals surface area contributed by atoms with Gasteiger partial charge in [-0.05, 0) is 37.3 Å².